The second-order valence-corrected chi connectivity index (χ2v) is 5.77. The summed E-state index contributed by atoms with van der Waals surface area (Å²) in [7, 11) is 0. The predicted molar refractivity (Wildman–Crippen MR) is 77.9 cm³/mol. The van der Waals surface area contributed by atoms with Gasteiger partial charge >= 0.3 is 0 Å². The maximum atomic E-state index is 5.69. The molecule has 2 rings (SSSR count). The Balaban J connectivity index is 2.20. The summed E-state index contributed by atoms with van der Waals surface area (Å²) in [5.74, 6) is 5.69. The Morgan fingerprint density at radius 2 is 2.26 bits per heavy atom. The van der Waals surface area contributed by atoms with Gasteiger partial charge in [0.25, 0.3) is 0 Å². The summed E-state index contributed by atoms with van der Waals surface area (Å²) in [5, 5.41) is 5.63. The Labute approximate surface area is 117 Å². The van der Waals surface area contributed by atoms with E-state index in [1.54, 1.807) is 11.3 Å². The zero-order valence-electron chi connectivity index (χ0n) is 11.7. The van der Waals surface area contributed by atoms with Crippen molar-refractivity contribution < 1.29 is 0 Å². The summed E-state index contributed by atoms with van der Waals surface area (Å²) in [6.45, 7) is 7.12. The molecular weight excluding hydrogens is 258 g/mol. The fourth-order valence-electron chi connectivity index (χ4n) is 2.12. The first-order chi connectivity index (χ1) is 9.17. The van der Waals surface area contributed by atoms with E-state index in [1.165, 1.54) is 10.6 Å². The molecule has 0 bridgehead atoms. The van der Waals surface area contributed by atoms with Gasteiger partial charge in [-0.1, -0.05) is 6.92 Å². The van der Waals surface area contributed by atoms with Crippen LogP contribution >= 0.6 is 11.3 Å². The van der Waals surface area contributed by atoms with Crippen LogP contribution in [0.5, 0.6) is 0 Å². The number of nitrogens with one attached hydrogen (secondary N) is 1. The van der Waals surface area contributed by atoms with Crippen LogP contribution in [0.1, 0.15) is 41.2 Å². The molecule has 0 aliphatic carbocycles. The highest BCUT2D eigenvalue weighted by atomic mass is 32.1. The van der Waals surface area contributed by atoms with Gasteiger partial charge in [0.1, 0.15) is 0 Å². The molecule has 6 heteroatoms. The molecular formula is C13H21N5S. The predicted octanol–water partition coefficient (Wildman–Crippen LogP) is 1.98. The number of nitrogens with two attached hydrogens (primary N) is 1. The topological polar surface area (TPSA) is 68.8 Å². The average Bonchev–Trinajstić information content (AvgIpc) is 3.01. The molecule has 0 fully saturated rings. The Hall–Kier alpha value is -1.24. The van der Waals surface area contributed by atoms with Gasteiger partial charge < -0.3 is 0 Å². The van der Waals surface area contributed by atoms with Gasteiger partial charge in [-0.05, 0) is 26.3 Å². The molecule has 2 heterocycles. The largest absolute Gasteiger partial charge is 0.271 e. The number of aromatic nitrogens is 3. The number of thiazole rings is 1. The van der Waals surface area contributed by atoms with Gasteiger partial charge in [0, 0.05) is 29.7 Å². The van der Waals surface area contributed by atoms with E-state index in [0.29, 0.717) is 0 Å². The molecule has 104 valence electrons. The van der Waals surface area contributed by atoms with Crippen LogP contribution in [-0.2, 0) is 19.4 Å². The lowest BCUT2D eigenvalue weighted by Crippen LogP contribution is -2.29. The van der Waals surface area contributed by atoms with Crippen LogP contribution in [0.25, 0.3) is 0 Å². The maximum absolute atomic E-state index is 5.69. The summed E-state index contributed by atoms with van der Waals surface area (Å²) >= 11 is 1.68. The smallest absolute Gasteiger partial charge is 0.0897 e. The Bertz CT molecular complexity index is 531. The first-order valence-corrected chi connectivity index (χ1v) is 7.43. The minimum Gasteiger partial charge on any atom is -0.271 e. The summed E-state index contributed by atoms with van der Waals surface area (Å²) in [6, 6.07) is 2.26. The van der Waals surface area contributed by atoms with Crippen molar-refractivity contribution in [3.05, 3.63) is 33.5 Å². The second kappa shape index (κ2) is 6.27. The van der Waals surface area contributed by atoms with Crippen LogP contribution in [0, 0.1) is 6.92 Å². The third-order valence-corrected chi connectivity index (χ3v) is 4.20. The molecule has 19 heavy (non-hydrogen) atoms. The van der Waals surface area contributed by atoms with E-state index in [0.717, 1.165) is 30.1 Å². The number of hydrogen-bond acceptors (Lipinski definition) is 5. The first kappa shape index (κ1) is 14.2. The van der Waals surface area contributed by atoms with Gasteiger partial charge in [0.15, 0.2) is 0 Å². The van der Waals surface area contributed by atoms with Gasteiger partial charge in [-0.25, -0.2) is 4.98 Å². The number of aryl methyl sites for hydroxylation is 3. The van der Waals surface area contributed by atoms with E-state index in [9.17, 15) is 0 Å². The zero-order chi connectivity index (χ0) is 13.8. The minimum absolute atomic E-state index is 0.0953. The Morgan fingerprint density at radius 1 is 1.47 bits per heavy atom. The van der Waals surface area contributed by atoms with E-state index in [-0.39, 0.29) is 6.04 Å². The Kier molecular flexibility index (Phi) is 4.68. The van der Waals surface area contributed by atoms with Crippen molar-refractivity contribution in [1.82, 2.24) is 20.2 Å². The van der Waals surface area contributed by atoms with Gasteiger partial charge in [0.05, 0.1) is 16.7 Å². The van der Waals surface area contributed by atoms with Crippen molar-refractivity contribution in [2.24, 2.45) is 5.84 Å². The average molecular weight is 279 g/mol. The summed E-state index contributed by atoms with van der Waals surface area (Å²) in [4.78, 5) is 5.46. The van der Waals surface area contributed by atoms with Gasteiger partial charge in [-0.2, -0.15) is 5.10 Å². The Morgan fingerprint density at radius 3 is 2.79 bits per heavy atom. The van der Waals surface area contributed by atoms with Crippen LogP contribution in [-0.4, -0.2) is 14.8 Å². The summed E-state index contributed by atoms with van der Waals surface area (Å²) < 4.78 is 2.05. The number of hydrazine groups is 1. The maximum Gasteiger partial charge on any atom is 0.0897 e. The molecule has 3 N–H and O–H groups in total. The lowest BCUT2D eigenvalue weighted by atomic mass is 10.1. The second-order valence-electron chi connectivity index (χ2n) is 4.50. The van der Waals surface area contributed by atoms with Crippen LogP contribution in [0.3, 0.4) is 0 Å². The third-order valence-electron chi connectivity index (χ3n) is 3.17. The fraction of sp³-hybridized carbons (Fsp3) is 0.538. The highest BCUT2D eigenvalue weighted by Gasteiger charge is 2.16. The van der Waals surface area contributed by atoms with Crippen LogP contribution in [0.15, 0.2) is 12.3 Å². The molecule has 1 atom stereocenters. The number of rotatable bonds is 6. The quantitative estimate of drug-likeness (QED) is 0.626. The zero-order valence-corrected chi connectivity index (χ0v) is 12.5. The van der Waals surface area contributed by atoms with Crippen molar-refractivity contribution >= 4 is 11.3 Å². The molecule has 0 amide bonds. The molecule has 1 unspecified atom stereocenters. The summed E-state index contributed by atoms with van der Waals surface area (Å²) in [6.07, 6.45) is 3.69. The normalized spacial score (nSPS) is 12.8. The monoisotopic (exact) mass is 279 g/mol. The van der Waals surface area contributed by atoms with Crippen molar-refractivity contribution in [2.45, 2.75) is 46.2 Å². The van der Waals surface area contributed by atoms with Gasteiger partial charge in [0.2, 0.25) is 0 Å². The van der Waals surface area contributed by atoms with E-state index in [2.05, 4.69) is 40.1 Å². The third kappa shape index (κ3) is 3.20. The molecule has 2 aromatic rings. The van der Waals surface area contributed by atoms with Crippen LogP contribution < -0.4 is 11.3 Å². The lowest BCUT2D eigenvalue weighted by Gasteiger charge is -2.14. The highest BCUT2D eigenvalue weighted by molar-refractivity contribution is 7.11. The van der Waals surface area contributed by atoms with Crippen LogP contribution in [0.4, 0.5) is 0 Å². The van der Waals surface area contributed by atoms with Crippen molar-refractivity contribution in [3.8, 4) is 0 Å². The first-order valence-electron chi connectivity index (χ1n) is 6.62. The van der Waals surface area contributed by atoms with Gasteiger partial charge in [-0.15, -0.1) is 11.3 Å². The van der Waals surface area contributed by atoms with Crippen LogP contribution in [0.2, 0.25) is 0 Å². The van der Waals surface area contributed by atoms with Gasteiger partial charge in [-0.3, -0.25) is 16.0 Å². The minimum atomic E-state index is 0.0953. The lowest BCUT2D eigenvalue weighted by molar-refractivity contribution is 0.522. The van der Waals surface area contributed by atoms with E-state index in [1.807, 2.05) is 13.1 Å². The number of nitrogens with zero attached hydrogens (tertiary/aromatic N) is 3. The van der Waals surface area contributed by atoms with E-state index in [4.69, 9.17) is 5.84 Å². The molecule has 0 radical (unpaired) electrons. The van der Waals surface area contributed by atoms with E-state index < -0.39 is 0 Å². The SMILES string of the molecule is CCc1cc(CC(NN)c2cnc(C)s2)n(CC)n1. The molecule has 0 spiro atoms. The standard InChI is InChI=1S/C13H21N5S/c1-4-10-6-11(18(5-2)17-10)7-12(16-14)13-8-15-9(3)19-13/h6,8,12,16H,4-5,7,14H2,1-3H3. The summed E-state index contributed by atoms with van der Waals surface area (Å²) in [5.41, 5.74) is 5.24. The molecule has 0 saturated carbocycles. The highest BCUT2D eigenvalue weighted by Crippen LogP contribution is 2.23. The van der Waals surface area contributed by atoms with Crippen molar-refractivity contribution in [1.29, 1.82) is 0 Å². The molecule has 0 aliphatic heterocycles. The number of hydrogen-bond donors (Lipinski definition) is 2. The van der Waals surface area contributed by atoms with Crippen molar-refractivity contribution in [3.63, 3.8) is 0 Å². The fourth-order valence-corrected chi connectivity index (χ4v) is 2.96. The molecule has 2 aromatic heterocycles. The van der Waals surface area contributed by atoms with Crippen molar-refractivity contribution in [2.75, 3.05) is 0 Å². The molecule has 5 nitrogen and oxygen atoms in total. The molecule has 0 aromatic carbocycles. The van der Waals surface area contributed by atoms with E-state index >= 15 is 0 Å². The molecule has 0 aliphatic rings. The molecule has 0 saturated heterocycles.